The van der Waals surface area contributed by atoms with Crippen molar-refractivity contribution >= 4 is 17.5 Å². The third-order valence-electron chi connectivity index (χ3n) is 5.53. The Bertz CT molecular complexity index is 1030. The molecule has 0 bridgehead atoms. The highest BCUT2D eigenvalue weighted by atomic mass is 16.7. The summed E-state index contributed by atoms with van der Waals surface area (Å²) in [6, 6.07) is 15.5. The molecule has 2 aliphatic rings. The van der Waals surface area contributed by atoms with Gasteiger partial charge in [0.05, 0.1) is 0 Å². The van der Waals surface area contributed by atoms with E-state index in [1.807, 2.05) is 54.9 Å². The second-order valence-electron chi connectivity index (χ2n) is 7.46. The summed E-state index contributed by atoms with van der Waals surface area (Å²) in [7, 11) is 0. The molecule has 0 spiro atoms. The number of nitrogens with zero attached hydrogens (tertiary/aromatic N) is 3. The lowest BCUT2D eigenvalue weighted by atomic mass is 9.96. The average molecular weight is 402 g/mol. The third kappa shape index (κ3) is 3.78. The minimum absolute atomic E-state index is 0.0322. The normalized spacial score (nSPS) is 15.8. The Labute approximate surface area is 174 Å². The van der Waals surface area contributed by atoms with Crippen LogP contribution in [0.5, 0.6) is 11.5 Å². The van der Waals surface area contributed by atoms with Gasteiger partial charge >= 0.3 is 0 Å². The second-order valence-corrected chi connectivity index (χ2v) is 7.46. The molecule has 1 amide bonds. The predicted molar refractivity (Wildman–Crippen MR) is 114 cm³/mol. The van der Waals surface area contributed by atoms with Crippen molar-refractivity contribution in [3.05, 3.63) is 60.9 Å². The second kappa shape index (κ2) is 8.02. The van der Waals surface area contributed by atoms with Crippen LogP contribution in [0.15, 0.2) is 60.9 Å². The lowest BCUT2D eigenvalue weighted by Gasteiger charge is -2.31. The van der Waals surface area contributed by atoms with Crippen molar-refractivity contribution in [1.29, 1.82) is 0 Å². The number of amides is 1. The molecule has 30 heavy (non-hydrogen) atoms. The average Bonchev–Trinajstić information content (AvgIpc) is 3.28. The van der Waals surface area contributed by atoms with Gasteiger partial charge in [-0.05, 0) is 30.5 Å². The highest BCUT2D eigenvalue weighted by molar-refractivity contribution is 5.93. The van der Waals surface area contributed by atoms with Crippen LogP contribution in [-0.4, -0.2) is 35.8 Å². The first kappa shape index (κ1) is 18.4. The highest BCUT2D eigenvalue weighted by Crippen LogP contribution is 2.34. The third-order valence-corrected chi connectivity index (χ3v) is 5.53. The molecular weight excluding hydrogens is 380 g/mol. The van der Waals surface area contributed by atoms with Crippen molar-refractivity contribution in [3.8, 4) is 22.6 Å². The van der Waals surface area contributed by atoms with E-state index in [9.17, 15) is 4.79 Å². The van der Waals surface area contributed by atoms with Crippen LogP contribution < -0.4 is 19.7 Å². The van der Waals surface area contributed by atoms with Crippen molar-refractivity contribution in [2.24, 2.45) is 5.92 Å². The van der Waals surface area contributed by atoms with Crippen molar-refractivity contribution in [2.45, 2.75) is 12.8 Å². The Hall–Kier alpha value is -3.61. The molecule has 2 aromatic carbocycles. The van der Waals surface area contributed by atoms with E-state index in [2.05, 4.69) is 20.2 Å². The van der Waals surface area contributed by atoms with E-state index < -0.39 is 0 Å². The molecule has 1 aromatic heterocycles. The molecule has 0 radical (unpaired) electrons. The van der Waals surface area contributed by atoms with Crippen LogP contribution in [0.3, 0.4) is 0 Å². The van der Waals surface area contributed by atoms with Gasteiger partial charge in [-0.1, -0.05) is 30.3 Å². The molecule has 1 saturated heterocycles. The standard InChI is InChI=1S/C23H22N4O3/c28-22(26-19-6-7-20-21(12-19)30-15-29-20)17-8-10-27(11-9-17)23-24-13-18(14-25-23)16-4-2-1-3-5-16/h1-7,12-14,17H,8-11,15H2,(H,26,28). The van der Waals surface area contributed by atoms with Gasteiger partial charge < -0.3 is 19.7 Å². The van der Waals surface area contributed by atoms with Gasteiger partial charge in [0.2, 0.25) is 18.6 Å². The summed E-state index contributed by atoms with van der Waals surface area (Å²) >= 11 is 0. The van der Waals surface area contributed by atoms with E-state index in [0.29, 0.717) is 17.4 Å². The molecule has 5 rings (SSSR count). The summed E-state index contributed by atoms with van der Waals surface area (Å²) in [4.78, 5) is 23.9. The number of benzene rings is 2. The number of hydrogen-bond donors (Lipinski definition) is 1. The molecule has 7 heteroatoms. The van der Waals surface area contributed by atoms with Crippen molar-refractivity contribution < 1.29 is 14.3 Å². The fourth-order valence-electron chi connectivity index (χ4n) is 3.82. The number of fused-ring (bicyclic) bond motifs is 1. The summed E-state index contributed by atoms with van der Waals surface area (Å²) in [5, 5.41) is 3.00. The smallest absolute Gasteiger partial charge is 0.231 e. The number of anilines is 2. The van der Waals surface area contributed by atoms with E-state index in [4.69, 9.17) is 9.47 Å². The minimum Gasteiger partial charge on any atom is -0.454 e. The zero-order valence-corrected chi connectivity index (χ0v) is 16.5. The zero-order valence-electron chi connectivity index (χ0n) is 16.5. The number of carbonyl (C=O) groups is 1. The maximum Gasteiger partial charge on any atom is 0.231 e. The molecule has 2 aliphatic heterocycles. The number of hydrogen-bond acceptors (Lipinski definition) is 6. The van der Waals surface area contributed by atoms with Crippen LogP contribution in [0.1, 0.15) is 12.8 Å². The summed E-state index contributed by atoms with van der Waals surface area (Å²) < 4.78 is 10.7. The molecule has 0 saturated carbocycles. The molecule has 3 aromatic rings. The molecule has 152 valence electrons. The van der Waals surface area contributed by atoms with E-state index in [-0.39, 0.29) is 18.6 Å². The number of aromatic nitrogens is 2. The van der Waals surface area contributed by atoms with E-state index in [0.717, 1.165) is 42.7 Å². The maximum absolute atomic E-state index is 12.7. The van der Waals surface area contributed by atoms with Gasteiger partial charge in [-0.2, -0.15) is 0 Å². The molecule has 0 unspecified atom stereocenters. The number of rotatable bonds is 4. The molecule has 1 fully saturated rings. The number of carbonyl (C=O) groups excluding carboxylic acids is 1. The van der Waals surface area contributed by atoms with Crippen LogP contribution >= 0.6 is 0 Å². The van der Waals surface area contributed by atoms with Crippen LogP contribution in [0.25, 0.3) is 11.1 Å². The fraction of sp³-hybridized carbons (Fsp3) is 0.261. The van der Waals surface area contributed by atoms with Crippen molar-refractivity contribution in [2.75, 3.05) is 30.1 Å². The quantitative estimate of drug-likeness (QED) is 0.717. The zero-order chi connectivity index (χ0) is 20.3. The van der Waals surface area contributed by atoms with Crippen LogP contribution in [-0.2, 0) is 4.79 Å². The summed E-state index contributed by atoms with van der Waals surface area (Å²) in [5.41, 5.74) is 2.83. The summed E-state index contributed by atoms with van der Waals surface area (Å²) in [6.07, 6.45) is 5.24. The molecular formula is C23H22N4O3. The Kier molecular flexibility index (Phi) is 4.93. The highest BCUT2D eigenvalue weighted by Gasteiger charge is 2.26. The van der Waals surface area contributed by atoms with Crippen molar-refractivity contribution in [1.82, 2.24) is 9.97 Å². The fourth-order valence-corrected chi connectivity index (χ4v) is 3.82. The van der Waals surface area contributed by atoms with Gasteiger partial charge in [0.25, 0.3) is 0 Å². The molecule has 0 aliphatic carbocycles. The number of nitrogens with one attached hydrogen (secondary N) is 1. The minimum atomic E-state index is -0.0322. The SMILES string of the molecule is O=C(Nc1ccc2c(c1)OCO2)C1CCN(c2ncc(-c3ccccc3)cn2)CC1. The van der Waals surface area contributed by atoms with Crippen LogP contribution in [0.4, 0.5) is 11.6 Å². The predicted octanol–water partition coefficient (Wildman–Crippen LogP) is 3.73. The van der Waals surface area contributed by atoms with Gasteiger partial charge in [-0.25, -0.2) is 9.97 Å². The van der Waals surface area contributed by atoms with Gasteiger partial charge in [0.1, 0.15) is 0 Å². The lowest BCUT2D eigenvalue weighted by molar-refractivity contribution is -0.120. The van der Waals surface area contributed by atoms with Gasteiger partial charge in [0, 0.05) is 48.7 Å². The first-order valence-corrected chi connectivity index (χ1v) is 10.1. The molecule has 1 N–H and O–H groups in total. The monoisotopic (exact) mass is 402 g/mol. The maximum atomic E-state index is 12.7. The Balaban J connectivity index is 1.17. The largest absolute Gasteiger partial charge is 0.454 e. The Morgan fingerprint density at radius 1 is 0.933 bits per heavy atom. The number of piperidine rings is 1. The first-order chi connectivity index (χ1) is 14.8. The van der Waals surface area contributed by atoms with Crippen molar-refractivity contribution in [3.63, 3.8) is 0 Å². The molecule has 3 heterocycles. The van der Waals surface area contributed by atoms with Gasteiger partial charge in [0.15, 0.2) is 11.5 Å². The topological polar surface area (TPSA) is 76.6 Å². The van der Waals surface area contributed by atoms with E-state index in [1.165, 1.54) is 0 Å². The van der Waals surface area contributed by atoms with E-state index in [1.54, 1.807) is 6.07 Å². The van der Waals surface area contributed by atoms with Crippen LogP contribution in [0, 0.1) is 5.92 Å². The summed E-state index contributed by atoms with van der Waals surface area (Å²) in [5.74, 6) is 2.09. The first-order valence-electron chi connectivity index (χ1n) is 10.1. The molecule has 7 nitrogen and oxygen atoms in total. The lowest BCUT2D eigenvalue weighted by Crippen LogP contribution is -2.39. The van der Waals surface area contributed by atoms with Gasteiger partial charge in [-0.15, -0.1) is 0 Å². The van der Waals surface area contributed by atoms with Crippen LogP contribution in [0.2, 0.25) is 0 Å². The summed E-state index contributed by atoms with van der Waals surface area (Å²) in [6.45, 7) is 1.73. The van der Waals surface area contributed by atoms with E-state index >= 15 is 0 Å². The Morgan fingerprint density at radius 3 is 2.43 bits per heavy atom. The number of ether oxygens (including phenoxy) is 2. The molecule has 0 atom stereocenters. The van der Waals surface area contributed by atoms with Gasteiger partial charge in [-0.3, -0.25) is 4.79 Å². The Morgan fingerprint density at radius 2 is 1.67 bits per heavy atom.